The highest BCUT2D eigenvalue weighted by Gasteiger charge is 2.35. The van der Waals surface area contributed by atoms with Crippen LogP contribution in [0.5, 0.6) is 0 Å². The molecule has 1 aliphatic carbocycles. The Hall–Kier alpha value is -1.49. The molecule has 0 spiro atoms. The van der Waals surface area contributed by atoms with Gasteiger partial charge in [0.1, 0.15) is 5.00 Å². The Bertz CT molecular complexity index is 630. The fourth-order valence-corrected chi connectivity index (χ4v) is 2.74. The van der Waals surface area contributed by atoms with Gasteiger partial charge in [-0.3, -0.25) is 0 Å². The zero-order valence-corrected chi connectivity index (χ0v) is 14.5. The maximum Gasteiger partial charge on any atom is 0.342 e. The second kappa shape index (κ2) is 7.86. The van der Waals surface area contributed by atoms with Gasteiger partial charge in [-0.1, -0.05) is 48.3 Å². The summed E-state index contributed by atoms with van der Waals surface area (Å²) in [7, 11) is 0. The van der Waals surface area contributed by atoms with Crippen LogP contribution in [0.4, 0.5) is 5.69 Å². The van der Waals surface area contributed by atoms with E-state index in [1.54, 1.807) is 30.4 Å². The molecule has 0 amide bonds. The number of rotatable bonds is 6. The first kappa shape index (κ1) is 17.9. The van der Waals surface area contributed by atoms with Crippen LogP contribution in [0.25, 0.3) is 0 Å². The van der Waals surface area contributed by atoms with Crippen LogP contribution >= 0.6 is 23.2 Å². The predicted molar refractivity (Wildman–Crippen MR) is 92.8 cm³/mol. The molecule has 0 saturated heterocycles. The Morgan fingerprint density at radius 2 is 2.13 bits per heavy atom. The van der Waals surface area contributed by atoms with E-state index in [2.05, 4.69) is 5.32 Å². The van der Waals surface area contributed by atoms with Crippen molar-refractivity contribution in [3.05, 3.63) is 53.1 Å². The Labute approximate surface area is 146 Å². The number of carbonyl (C=O) groups excluding carboxylic acids is 1. The highest BCUT2D eigenvalue weighted by atomic mass is 35.5. The number of nitrogens with one attached hydrogen (secondary N) is 1. The topological polar surface area (TPSA) is 47.6 Å². The van der Waals surface area contributed by atoms with Gasteiger partial charge in [0, 0.05) is 17.6 Å². The number of esters is 1. The molecule has 1 N–H and O–H groups in total. The minimum atomic E-state index is -0.915. The molecule has 0 radical (unpaired) electrons. The van der Waals surface area contributed by atoms with Crippen LogP contribution < -0.4 is 5.32 Å². The molecule has 0 saturated carbocycles. The van der Waals surface area contributed by atoms with Gasteiger partial charge in [-0.15, -0.1) is 0 Å². The average molecular weight is 356 g/mol. The zero-order chi connectivity index (χ0) is 16.9. The van der Waals surface area contributed by atoms with E-state index in [-0.39, 0.29) is 12.7 Å². The number of para-hydroxylation sites is 1. The van der Waals surface area contributed by atoms with E-state index in [9.17, 15) is 4.79 Å². The molecule has 0 aliphatic heterocycles. The van der Waals surface area contributed by atoms with Crippen molar-refractivity contribution in [2.24, 2.45) is 5.92 Å². The van der Waals surface area contributed by atoms with Gasteiger partial charge in [-0.05, 0) is 31.2 Å². The lowest BCUT2D eigenvalue weighted by Gasteiger charge is -2.34. The van der Waals surface area contributed by atoms with Crippen LogP contribution in [0, 0.1) is 5.92 Å². The molecule has 0 bridgehead atoms. The predicted octanol–water partition coefficient (Wildman–Crippen LogP) is 4.51. The number of ether oxygens (including phenoxy) is 2. The van der Waals surface area contributed by atoms with Crippen LogP contribution in [-0.2, 0) is 9.47 Å². The largest absolute Gasteiger partial charge is 0.435 e. The fourth-order valence-electron chi connectivity index (χ4n) is 2.15. The van der Waals surface area contributed by atoms with Gasteiger partial charge < -0.3 is 14.8 Å². The minimum absolute atomic E-state index is 0.0828. The van der Waals surface area contributed by atoms with Gasteiger partial charge in [0.05, 0.1) is 11.3 Å². The summed E-state index contributed by atoms with van der Waals surface area (Å²) in [5, 5.41) is 3.83. The van der Waals surface area contributed by atoms with Crippen LogP contribution in [0.15, 0.2) is 47.5 Å². The van der Waals surface area contributed by atoms with Crippen LogP contribution in [0.2, 0.25) is 0 Å². The van der Waals surface area contributed by atoms with Crippen molar-refractivity contribution in [2.75, 3.05) is 18.7 Å². The van der Waals surface area contributed by atoms with Crippen molar-refractivity contribution in [1.82, 2.24) is 0 Å². The summed E-state index contributed by atoms with van der Waals surface area (Å²) >= 11 is 12.8. The van der Waals surface area contributed by atoms with E-state index >= 15 is 0 Å². The number of carbonyl (C=O) groups is 1. The standard InChI is InChI=1S/C17H19Cl2NO3/c1-3-22-11-23-16(21)13-7-4-5-9-15(13)20-17(19)10-6-8-14(18)12(17)2/h4-10,12,20H,3,11H2,1-2H3. The average Bonchev–Trinajstić information content (AvgIpc) is 2.53. The van der Waals surface area contributed by atoms with Crippen molar-refractivity contribution in [2.45, 2.75) is 18.8 Å². The van der Waals surface area contributed by atoms with Gasteiger partial charge in [-0.25, -0.2) is 4.79 Å². The van der Waals surface area contributed by atoms with Crippen molar-refractivity contribution in [3.63, 3.8) is 0 Å². The van der Waals surface area contributed by atoms with Crippen LogP contribution in [-0.4, -0.2) is 24.4 Å². The van der Waals surface area contributed by atoms with Gasteiger partial charge in [0.25, 0.3) is 0 Å². The second-order valence-electron chi connectivity index (χ2n) is 5.11. The van der Waals surface area contributed by atoms with Crippen molar-refractivity contribution >= 4 is 34.9 Å². The zero-order valence-electron chi connectivity index (χ0n) is 13.0. The molecule has 1 aliphatic rings. The number of hydrogen-bond donors (Lipinski definition) is 1. The van der Waals surface area contributed by atoms with E-state index in [0.29, 0.717) is 22.9 Å². The Morgan fingerprint density at radius 1 is 1.39 bits per heavy atom. The van der Waals surface area contributed by atoms with Crippen molar-refractivity contribution in [1.29, 1.82) is 0 Å². The Kier molecular flexibility index (Phi) is 6.10. The van der Waals surface area contributed by atoms with E-state index in [0.717, 1.165) is 0 Å². The summed E-state index contributed by atoms with van der Waals surface area (Å²) < 4.78 is 10.1. The quantitative estimate of drug-likeness (QED) is 0.268. The molecule has 4 nitrogen and oxygen atoms in total. The molecule has 124 valence electrons. The molecule has 6 heteroatoms. The van der Waals surface area contributed by atoms with E-state index in [1.807, 2.05) is 26.0 Å². The fraction of sp³-hybridized carbons (Fsp3) is 0.353. The highest BCUT2D eigenvalue weighted by molar-refractivity contribution is 6.33. The number of benzene rings is 1. The first-order valence-electron chi connectivity index (χ1n) is 7.34. The molecule has 23 heavy (non-hydrogen) atoms. The molecule has 1 aromatic rings. The molecule has 2 unspecified atom stereocenters. The first-order chi connectivity index (χ1) is 11.0. The summed E-state index contributed by atoms with van der Waals surface area (Å²) in [6, 6.07) is 7.02. The third kappa shape index (κ3) is 4.28. The summed E-state index contributed by atoms with van der Waals surface area (Å²) in [6.45, 7) is 4.14. The maximum absolute atomic E-state index is 12.2. The Balaban J connectivity index is 2.19. The SMILES string of the molecule is CCOCOC(=O)c1ccccc1NC1(Cl)C=CC=C(Cl)C1C. The van der Waals surface area contributed by atoms with Crippen molar-refractivity contribution < 1.29 is 14.3 Å². The summed E-state index contributed by atoms with van der Waals surface area (Å²) in [4.78, 5) is 11.3. The maximum atomic E-state index is 12.2. The first-order valence-corrected chi connectivity index (χ1v) is 8.09. The molecule has 1 aromatic carbocycles. The van der Waals surface area contributed by atoms with E-state index in [4.69, 9.17) is 32.7 Å². The second-order valence-corrected chi connectivity index (χ2v) is 6.18. The molecular formula is C17H19Cl2NO3. The van der Waals surface area contributed by atoms with Crippen molar-refractivity contribution in [3.8, 4) is 0 Å². The minimum Gasteiger partial charge on any atom is -0.435 e. The summed E-state index contributed by atoms with van der Waals surface area (Å²) in [5.41, 5.74) is 0.963. The number of allylic oxidation sites excluding steroid dienone is 2. The number of halogens is 2. The monoisotopic (exact) mass is 355 g/mol. The lowest BCUT2D eigenvalue weighted by atomic mass is 9.95. The number of anilines is 1. The van der Waals surface area contributed by atoms with Crippen LogP contribution in [0.1, 0.15) is 24.2 Å². The normalized spacial score (nSPS) is 23.3. The molecule has 2 atom stereocenters. The smallest absolute Gasteiger partial charge is 0.342 e. The highest BCUT2D eigenvalue weighted by Crippen LogP contribution is 2.38. The molecule has 0 aromatic heterocycles. The third-order valence-corrected chi connectivity index (χ3v) is 4.59. The van der Waals surface area contributed by atoms with Gasteiger partial charge >= 0.3 is 5.97 Å². The van der Waals surface area contributed by atoms with Gasteiger partial charge in [-0.2, -0.15) is 0 Å². The molecule has 2 rings (SSSR count). The number of alkyl halides is 1. The van der Waals surface area contributed by atoms with Gasteiger partial charge in [0.2, 0.25) is 0 Å². The molecular weight excluding hydrogens is 337 g/mol. The number of hydrogen-bond acceptors (Lipinski definition) is 4. The van der Waals surface area contributed by atoms with E-state index < -0.39 is 11.0 Å². The lowest BCUT2D eigenvalue weighted by Crippen LogP contribution is -2.38. The Morgan fingerprint density at radius 3 is 2.87 bits per heavy atom. The van der Waals surface area contributed by atoms with Gasteiger partial charge in [0.15, 0.2) is 6.79 Å². The van der Waals surface area contributed by atoms with E-state index in [1.165, 1.54) is 0 Å². The summed E-state index contributed by atoms with van der Waals surface area (Å²) in [6.07, 6.45) is 5.41. The third-order valence-electron chi connectivity index (χ3n) is 3.59. The van der Waals surface area contributed by atoms with Crippen LogP contribution in [0.3, 0.4) is 0 Å². The molecule has 0 fully saturated rings. The summed E-state index contributed by atoms with van der Waals surface area (Å²) in [5.74, 6) is -0.626. The lowest BCUT2D eigenvalue weighted by molar-refractivity contribution is -0.0273. The molecule has 0 heterocycles.